The molecule has 16 heavy (non-hydrogen) atoms. The third-order valence-corrected chi connectivity index (χ3v) is 3.06. The summed E-state index contributed by atoms with van der Waals surface area (Å²) in [6.07, 6.45) is 1.01. The largest absolute Gasteiger partial charge is 0.388 e. The standard InChI is InChI=1S/C13H19BrN2/c1-5-10-6-7-11(14)8-12(10)13(3,4)16-9(2)15/h6-8H,5H2,1-4H3,(H2,15,16). The summed E-state index contributed by atoms with van der Waals surface area (Å²) in [6.45, 7) is 8.15. The molecule has 2 nitrogen and oxygen atoms in total. The first-order valence-electron chi connectivity index (χ1n) is 5.47. The number of nitrogens with zero attached hydrogens (tertiary/aromatic N) is 1. The molecule has 88 valence electrons. The second-order valence-electron chi connectivity index (χ2n) is 4.47. The van der Waals surface area contributed by atoms with Gasteiger partial charge in [0.05, 0.1) is 11.4 Å². The average Bonchev–Trinajstić information content (AvgIpc) is 2.15. The van der Waals surface area contributed by atoms with Crippen molar-refractivity contribution in [2.45, 2.75) is 39.7 Å². The predicted molar refractivity (Wildman–Crippen MR) is 73.8 cm³/mol. The Kier molecular flexibility index (Phi) is 4.14. The monoisotopic (exact) mass is 282 g/mol. The maximum atomic E-state index is 5.68. The lowest BCUT2D eigenvalue weighted by atomic mass is 9.89. The highest BCUT2D eigenvalue weighted by molar-refractivity contribution is 9.10. The molecule has 0 aromatic heterocycles. The van der Waals surface area contributed by atoms with Crippen molar-refractivity contribution < 1.29 is 0 Å². The van der Waals surface area contributed by atoms with Gasteiger partial charge in [0.15, 0.2) is 0 Å². The van der Waals surface area contributed by atoms with Crippen molar-refractivity contribution in [2.75, 3.05) is 0 Å². The van der Waals surface area contributed by atoms with Gasteiger partial charge in [0, 0.05) is 4.47 Å². The van der Waals surface area contributed by atoms with Crippen molar-refractivity contribution >= 4 is 21.8 Å². The quantitative estimate of drug-likeness (QED) is 0.667. The van der Waals surface area contributed by atoms with Gasteiger partial charge in [-0.05, 0) is 50.5 Å². The molecule has 2 N–H and O–H groups in total. The van der Waals surface area contributed by atoms with Crippen molar-refractivity contribution in [3.8, 4) is 0 Å². The first kappa shape index (κ1) is 13.2. The molecule has 0 bridgehead atoms. The number of hydrogen-bond donors (Lipinski definition) is 1. The number of benzene rings is 1. The van der Waals surface area contributed by atoms with Gasteiger partial charge in [-0.1, -0.05) is 28.9 Å². The highest BCUT2D eigenvalue weighted by Crippen LogP contribution is 2.30. The van der Waals surface area contributed by atoms with E-state index in [1.807, 2.05) is 6.92 Å². The molecule has 0 fully saturated rings. The fourth-order valence-electron chi connectivity index (χ4n) is 1.93. The van der Waals surface area contributed by atoms with E-state index in [0.717, 1.165) is 10.9 Å². The summed E-state index contributed by atoms with van der Waals surface area (Å²) in [7, 11) is 0. The normalized spacial score (nSPS) is 12.9. The van der Waals surface area contributed by atoms with Crippen LogP contribution in [0.5, 0.6) is 0 Å². The van der Waals surface area contributed by atoms with E-state index in [1.54, 1.807) is 0 Å². The lowest BCUT2D eigenvalue weighted by Crippen LogP contribution is -2.21. The fourth-order valence-corrected chi connectivity index (χ4v) is 2.29. The maximum absolute atomic E-state index is 5.68. The highest BCUT2D eigenvalue weighted by atomic mass is 79.9. The average molecular weight is 283 g/mol. The van der Waals surface area contributed by atoms with Crippen LogP contribution in [0.3, 0.4) is 0 Å². The van der Waals surface area contributed by atoms with Gasteiger partial charge >= 0.3 is 0 Å². The highest BCUT2D eigenvalue weighted by Gasteiger charge is 2.22. The van der Waals surface area contributed by atoms with Gasteiger partial charge in [-0.25, -0.2) is 0 Å². The van der Waals surface area contributed by atoms with Crippen LogP contribution in [-0.2, 0) is 12.0 Å². The first-order valence-corrected chi connectivity index (χ1v) is 6.27. The molecule has 0 saturated heterocycles. The van der Waals surface area contributed by atoms with Crippen molar-refractivity contribution in [3.63, 3.8) is 0 Å². The Hall–Kier alpha value is -0.830. The van der Waals surface area contributed by atoms with Crippen molar-refractivity contribution in [2.24, 2.45) is 10.7 Å². The molecule has 1 aromatic carbocycles. The van der Waals surface area contributed by atoms with Gasteiger partial charge in [-0.2, -0.15) is 0 Å². The number of amidine groups is 1. The number of hydrogen-bond acceptors (Lipinski definition) is 1. The van der Waals surface area contributed by atoms with Crippen LogP contribution < -0.4 is 5.73 Å². The molecule has 0 atom stereocenters. The van der Waals surface area contributed by atoms with E-state index in [2.05, 4.69) is 59.9 Å². The number of nitrogens with two attached hydrogens (primary N) is 1. The fraction of sp³-hybridized carbons (Fsp3) is 0.462. The minimum absolute atomic E-state index is 0.270. The Labute approximate surface area is 106 Å². The van der Waals surface area contributed by atoms with E-state index in [-0.39, 0.29) is 5.54 Å². The SMILES string of the molecule is CCc1ccc(Br)cc1C(C)(C)N=C(C)N. The second-order valence-corrected chi connectivity index (χ2v) is 5.38. The molecular formula is C13H19BrN2. The Morgan fingerprint density at radius 1 is 1.44 bits per heavy atom. The summed E-state index contributed by atoms with van der Waals surface area (Å²) in [5.41, 5.74) is 7.96. The van der Waals surface area contributed by atoms with Crippen LogP contribution in [0.25, 0.3) is 0 Å². The van der Waals surface area contributed by atoms with Crippen molar-refractivity contribution in [3.05, 3.63) is 33.8 Å². The number of halogens is 1. The van der Waals surface area contributed by atoms with E-state index < -0.39 is 0 Å². The molecule has 0 unspecified atom stereocenters. The third-order valence-electron chi connectivity index (χ3n) is 2.57. The predicted octanol–water partition coefficient (Wildman–Crippen LogP) is 3.62. The van der Waals surface area contributed by atoms with Crippen molar-refractivity contribution in [1.82, 2.24) is 0 Å². The van der Waals surface area contributed by atoms with E-state index in [9.17, 15) is 0 Å². The van der Waals surface area contributed by atoms with Gasteiger partial charge in [0.1, 0.15) is 0 Å². The zero-order chi connectivity index (χ0) is 12.3. The smallest absolute Gasteiger partial charge is 0.0916 e. The maximum Gasteiger partial charge on any atom is 0.0916 e. The summed E-state index contributed by atoms with van der Waals surface area (Å²) in [4.78, 5) is 4.50. The van der Waals surface area contributed by atoms with Gasteiger partial charge in [0.2, 0.25) is 0 Å². The van der Waals surface area contributed by atoms with Gasteiger partial charge in [-0.3, -0.25) is 4.99 Å². The zero-order valence-electron chi connectivity index (χ0n) is 10.3. The Morgan fingerprint density at radius 3 is 2.56 bits per heavy atom. The molecular weight excluding hydrogens is 264 g/mol. The lowest BCUT2D eigenvalue weighted by Gasteiger charge is -2.24. The lowest BCUT2D eigenvalue weighted by molar-refractivity contribution is 0.551. The van der Waals surface area contributed by atoms with E-state index in [0.29, 0.717) is 5.84 Å². The molecule has 0 aliphatic heterocycles. The summed E-state index contributed by atoms with van der Waals surface area (Å²) >= 11 is 3.50. The van der Waals surface area contributed by atoms with Crippen LogP contribution in [-0.4, -0.2) is 5.84 Å². The number of rotatable bonds is 3. The van der Waals surface area contributed by atoms with Gasteiger partial charge in [0.25, 0.3) is 0 Å². The van der Waals surface area contributed by atoms with Crippen LogP contribution >= 0.6 is 15.9 Å². The van der Waals surface area contributed by atoms with E-state index in [1.165, 1.54) is 11.1 Å². The molecule has 0 spiro atoms. The molecule has 1 rings (SSSR count). The molecule has 0 aliphatic rings. The third kappa shape index (κ3) is 3.08. The summed E-state index contributed by atoms with van der Waals surface area (Å²) in [5.74, 6) is 0.618. The van der Waals surface area contributed by atoms with Crippen LogP contribution in [0.15, 0.2) is 27.7 Å². The van der Waals surface area contributed by atoms with Gasteiger partial charge < -0.3 is 5.73 Å². The minimum Gasteiger partial charge on any atom is -0.388 e. The van der Waals surface area contributed by atoms with E-state index >= 15 is 0 Å². The molecule has 3 heteroatoms. The van der Waals surface area contributed by atoms with E-state index in [4.69, 9.17) is 5.73 Å². The Morgan fingerprint density at radius 2 is 2.06 bits per heavy atom. The zero-order valence-corrected chi connectivity index (χ0v) is 11.9. The molecule has 0 aliphatic carbocycles. The van der Waals surface area contributed by atoms with Crippen LogP contribution in [0.1, 0.15) is 38.8 Å². The number of aryl methyl sites for hydroxylation is 1. The Balaban J connectivity index is 3.30. The second kappa shape index (κ2) is 5.00. The minimum atomic E-state index is -0.270. The van der Waals surface area contributed by atoms with Crippen LogP contribution in [0.2, 0.25) is 0 Å². The topological polar surface area (TPSA) is 38.4 Å². The Bertz CT molecular complexity index is 404. The van der Waals surface area contributed by atoms with Gasteiger partial charge in [-0.15, -0.1) is 0 Å². The molecule has 0 heterocycles. The first-order chi connectivity index (χ1) is 7.36. The summed E-state index contributed by atoms with van der Waals surface area (Å²) in [6, 6.07) is 6.34. The number of aliphatic imine (C=N–C) groups is 1. The summed E-state index contributed by atoms with van der Waals surface area (Å²) in [5, 5.41) is 0. The summed E-state index contributed by atoms with van der Waals surface area (Å²) < 4.78 is 1.08. The van der Waals surface area contributed by atoms with Crippen molar-refractivity contribution in [1.29, 1.82) is 0 Å². The van der Waals surface area contributed by atoms with Crippen LogP contribution in [0.4, 0.5) is 0 Å². The molecule has 0 amide bonds. The van der Waals surface area contributed by atoms with Crippen LogP contribution in [0, 0.1) is 0 Å². The molecule has 0 saturated carbocycles. The molecule has 1 aromatic rings. The molecule has 0 radical (unpaired) electrons.